The van der Waals surface area contributed by atoms with Crippen LogP contribution in [0.2, 0.25) is 0 Å². The van der Waals surface area contributed by atoms with Gasteiger partial charge < -0.3 is 23.7 Å². The van der Waals surface area contributed by atoms with Gasteiger partial charge in [-0.1, -0.05) is 100 Å². The van der Waals surface area contributed by atoms with Gasteiger partial charge in [0.25, 0.3) is 0 Å². The Kier molecular flexibility index (Phi) is 6.86. The van der Waals surface area contributed by atoms with E-state index in [0.717, 1.165) is 52.9 Å². The molecular formula is C40H42O5. The molecule has 3 aliphatic rings. The molecule has 0 saturated carbocycles. The van der Waals surface area contributed by atoms with Crippen molar-refractivity contribution in [1.82, 2.24) is 0 Å². The maximum Gasteiger partial charge on any atom is 0.135 e. The number of aryl methyl sites for hydroxylation is 1. The van der Waals surface area contributed by atoms with Crippen molar-refractivity contribution in [3.05, 3.63) is 84.4 Å². The van der Waals surface area contributed by atoms with Gasteiger partial charge in [-0.2, -0.15) is 0 Å². The molecule has 45 heavy (non-hydrogen) atoms. The number of benzene rings is 5. The lowest BCUT2D eigenvalue weighted by Gasteiger charge is -2.54. The first-order chi connectivity index (χ1) is 21.8. The van der Waals surface area contributed by atoms with Crippen molar-refractivity contribution in [2.45, 2.75) is 40.2 Å². The van der Waals surface area contributed by atoms with Crippen LogP contribution in [0.25, 0.3) is 43.4 Å². The maximum atomic E-state index is 7.42. The summed E-state index contributed by atoms with van der Waals surface area (Å²) in [6.07, 6.45) is 0.847. The number of fused-ring (bicyclic) bond motifs is 3. The van der Waals surface area contributed by atoms with Gasteiger partial charge in [-0.05, 0) is 34.2 Å². The Morgan fingerprint density at radius 3 is 1.89 bits per heavy atom. The van der Waals surface area contributed by atoms with Crippen LogP contribution < -0.4 is 9.47 Å². The van der Waals surface area contributed by atoms with Crippen molar-refractivity contribution in [1.29, 1.82) is 0 Å². The van der Waals surface area contributed by atoms with Crippen LogP contribution in [0.4, 0.5) is 0 Å². The summed E-state index contributed by atoms with van der Waals surface area (Å²) in [5.41, 5.74) is 3.42. The lowest BCUT2D eigenvalue weighted by atomic mass is 9.67. The first kappa shape index (κ1) is 28.8. The lowest BCUT2D eigenvalue weighted by molar-refractivity contribution is -0.236. The van der Waals surface area contributed by atoms with Crippen LogP contribution in [0.3, 0.4) is 0 Å². The Bertz CT molecular complexity index is 1890. The van der Waals surface area contributed by atoms with E-state index >= 15 is 0 Å². The summed E-state index contributed by atoms with van der Waals surface area (Å²) in [5.74, 6) is 1.90. The summed E-state index contributed by atoms with van der Waals surface area (Å²) < 4.78 is 31.4. The Labute approximate surface area is 265 Å². The van der Waals surface area contributed by atoms with E-state index < -0.39 is 0 Å². The standard InChI is InChI=1S/C40H42O5/c1-5-26-12-10-16-31-33(26)36(44-21-38(2)19-41-20-38)30-15-9-8-14-29(30)34(31)32-18-17-27-11-6-7-13-28(27)35(32)45-37(39(3)22-42-23-39)40(4)24-43-25-40/h6-18,37H,5,19-25H2,1-4H3. The second kappa shape index (κ2) is 10.7. The summed E-state index contributed by atoms with van der Waals surface area (Å²) in [5, 5.41) is 6.95. The van der Waals surface area contributed by atoms with E-state index in [1.165, 1.54) is 27.3 Å². The molecule has 3 aliphatic heterocycles. The largest absolute Gasteiger partial charge is 0.492 e. The summed E-state index contributed by atoms with van der Waals surface area (Å²) >= 11 is 0. The first-order valence-electron chi connectivity index (χ1n) is 16.3. The number of hydrogen-bond donors (Lipinski definition) is 0. The number of hydrogen-bond acceptors (Lipinski definition) is 5. The normalized spacial score (nSPS) is 19.7. The van der Waals surface area contributed by atoms with Crippen LogP contribution in [-0.4, -0.2) is 52.4 Å². The molecule has 0 amide bonds. The molecular weight excluding hydrogens is 560 g/mol. The lowest BCUT2D eigenvalue weighted by Crippen LogP contribution is -2.63. The van der Waals surface area contributed by atoms with Gasteiger partial charge in [0.05, 0.1) is 57.1 Å². The van der Waals surface area contributed by atoms with Crippen molar-refractivity contribution in [3.8, 4) is 22.6 Å². The molecule has 0 aliphatic carbocycles. The van der Waals surface area contributed by atoms with Gasteiger partial charge in [0.15, 0.2) is 0 Å². The molecule has 8 rings (SSSR count). The Morgan fingerprint density at radius 2 is 1.27 bits per heavy atom. The second-order valence-corrected chi connectivity index (χ2v) is 14.5. The minimum absolute atomic E-state index is 0.0321. The third kappa shape index (κ3) is 4.62. The van der Waals surface area contributed by atoms with E-state index in [4.69, 9.17) is 23.7 Å². The minimum Gasteiger partial charge on any atom is -0.492 e. The quantitative estimate of drug-likeness (QED) is 0.158. The Morgan fingerprint density at radius 1 is 0.644 bits per heavy atom. The predicted molar refractivity (Wildman–Crippen MR) is 180 cm³/mol. The van der Waals surface area contributed by atoms with Crippen molar-refractivity contribution in [3.63, 3.8) is 0 Å². The zero-order valence-electron chi connectivity index (χ0n) is 26.8. The second-order valence-electron chi connectivity index (χ2n) is 14.5. The van der Waals surface area contributed by atoms with Crippen LogP contribution in [0, 0.1) is 16.2 Å². The SMILES string of the molecule is CCc1cccc2c(-c3ccc4ccccc4c3OC(C3(C)COC3)C3(C)COC3)c3ccccc3c(OCC3(C)COC3)c12. The van der Waals surface area contributed by atoms with Gasteiger partial charge in [0, 0.05) is 32.7 Å². The van der Waals surface area contributed by atoms with Crippen LogP contribution in [0.15, 0.2) is 78.9 Å². The highest BCUT2D eigenvalue weighted by Gasteiger charge is 2.55. The molecule has 5 aromatic rings. The Hall–Kier alpha value is -3.64. The highest BCUT2D eigenvalue weighted by Crippen LogP contribution is 2.52. The molecule has 3 fully saturated rings. The zero-order valence-corrected chi connectivity index (χ0v) is 26.8. The average molecular weight is 603 g/mol. The summed E-state index contributed by atoms with van der Waals surface area (Å²) in [6.45, 7) is 13.9. The number of rotatable bonds is 9. The fraction of sp³-hybridized carbons (Fsp3) is 0.400. The van der Waals surface area contributed by atoms with Crippen LogP contribution in [0.1, 0.15) is 33.3 Å². The van der Waals surface area contributed by atoms with Gasteiger partial charge in [-0.3, -0.25) is 0 Å². The molecule has 0 spiro atoms. The van der Waals surface area contributed by atoms with E-state index in [1.807, 2.05) is 0 Å². The molecule has 0 aromatic heterocycles. The molecule has 0 unspecified atom stereocenters. The smallest absolute Gasteiger partial charge is 0.135 e. The highest BCUT2D eigenvalue weighted by atomic mass is 16.5. The van der Waals surface area contributed by atoms with Crippen LogP contribution in [0.5, 0.6) is 11.5 Å². The summed E-state index contributed by atoms with van der Waals surface area (Å²) in [6, 6.07) is 28.5. The molecule has 0 atom stereocenters. The molecule has 3 saturated heterocycles. The third-order valence-corrected chi connectivity index (χ3v) is 10.3. The molecule has 5 nitrogen and oxygen atoms in total. The first-order valence-corrected chi connectivity index (χ1v) is 16.3. The minimum atomic E-state index is -0.0920. The summed E-state index contributed by atoms with van der Waals surface area (Å²) in [4.78, 5) is 0. The van der Waals surface area contributed by atoms with Crippen LogP contribution >= 0.6 is 0 Å². The van der Waals surface area contributed by atoms with Crippen molar-refractivity contribution in [2.75, 3.05) is 46.2 Å². The fourth-order valence-electron chi connectivity index (χ4n) is 7.73. The van der Waals surface area contributed by atoms with E-state index in [9.17, 15) is 0 Å². The van der Waals surface area contributed by atoms with Crippen molar-refractivity contribution < 1.29 is 23.7 Å². The van der Waals surface area contributed by atoms with E-state index in [-0.39, 0.29) is 22.3 Å². The van der Waals surface area contributed by atoms with Crippen LogP contribution in [-0.2, 0) is 20.6 Å². The van der Waals surface area contributed by atoms with Gasteiger partial charge >= 0.3 is 0 Å². The Balaban J connectivity index is 1.40. The van der Waals surface area contributed by atoms with Gasteiger partial charge in [-0.25, -0.2) is 0 Å². The van der Waals surface area contributed by atoms with Gasteiger partial charge in [-0.15, -0.1) is 0 Å². The molecule has 0 N–H and O–H groups in total. The molecule has 5 heteroatoms. The van der Waals surface area contributed by atoms with Crippen molar-refractivity contribution >= 4 is 32.3 Å². The molecule has 3 heterocycles. The van der Waals surface area contributed by atoms with Crippen molar-refractivity contribution in [2.24, 2.45) is 16.2 Å². The molecule has 232 valence electrons. The molecule has 5 aromatic carbocycles. The monoisotopic (exact) mass is 602 g/mol. The highest BCUT2D eigenvalue weighted by molar-refractivity contribution is 6.19. The fourth-order valence-corrected chi connectivity index (χ4v) is 7.73. The molecule has 0 radical (unpaired) electrons. The predicted octanol–water partition coefficient (Wildman–Crippen LogP) is 8.61. The number of ether oxygens (including phenoxy) is 5. The van der Waals surface area contributed by atoms with Gasteiger partial charge in [0.1, 0.15) is 17.6 Å². The topological polar surface area (TPSA) is 46.2 Å². The molecule has 0 bridgehead atoms. The maximum absolute atomic E-state index is 7.42. The van der Waals surface area contributed by atoms with E-state index in [2.05, 4.69) is 107 Å². The zero-order chi connectivity index (χ0) is 30.8. The van der Waals surface area contributed by atoms with E-state index in [0.29, 0.717) is 33.0 Å². The third-order valence-electron chi connectivity index (χ3n) is 10.3. The summed E-state index contributed by atoms with van der Waals surface area (Å²) in [7, 11) is 0. The van der Waals surface area contributed by atoms with Gasteiger partial charge in [0.2, 0.25) is 0 Å². The average Bonchev–Trinajstić information content (AvgIpc) is 3.02. The van der Waals surface area contributed by atoms with E-state index in [1.54, 1.807) is 0 Å².